The van der Waals surface area contributed by atoms with Crippen molar-refractivity contribution in [2.45, 2.75) is 25.4 Å². The topological polar surface area (TPSA) is 55.6 Å². The molecular weight excluding hydrogens is 272 g/mol. The number of thiocarbonyl (C=S) groups is 1. The minimum absolute atomic E-state index is 0.0268. The van der Waals surface area contributed by atoms with E-state index < -0.39 is 5.92 Å². The van der Waals surface area contributed by atoms with Gasteiger partial charge in [-0.25, -0.2) is 0 Å². The maximum absolute atomic E-state index is 12.7. The Morgan fingerprint density at radius 1 is 1.45 bits per heavy atom. The molecular formula is C15H20N2O2S. The maximum atomic E-state index is 12.7. The summed E-state index contributed by atoms with van der Waals surface area (Å²) < 4.78 is 5.57. The molecule has 1 aromatic rings. The molecule has 2 rings (SSSR count). The Balaban J connectivity index is 2.21. The highest BCUT2D eigenvalue weighted by atomic mass is 32.1. The number of rotatable bonds is 3. The van der Waals surface area contributed by atoms with Gasteiger partial charge in [-0.15, -0.1) is 0 Å². The van der Waals surface area contributed by atoms with Crippen LogP contribution in [0.2, 0.25) is 0 Å². The van der Waals surface area contributed by atoms with Gasteiger partial charge in [0.05, 0.1) is 11.1 Å². The van der Waals surface area contributed by atoms with Crippen LogP contribution in [0.3, 0.4) is 0 Å². The monoisotopic (exact) mass is 292 g/mol. The highest BCUT2D eigenvalue weighted by molar-refractivity contribution is 7.80. The second-order valence-electron chi connectivity index (χ2n) is 5.07. The van der Waals surface area contributed by atoms with Gasteiger partial charge >= 0.3 is 0 Å². The van der Waals surface area contributed by atoms with Crippen LogP contribution in [0.25, 0.3) is 0 Å². The summed E-state index contributed by atoms with van der Waals surface area (Å²) in [6.45, 7) is 3.94. The summed E-state index contributed by atoms with van der Waals surface area (Å²) in [7, 11) is 0. The summed E-state index contributed by atoms with van der Waals surface area (Å²) in [6.07, 6.45) is 0.888. The SMILES string of the molecule is CC1CN(C(=O)C(C(N)=S)c2ccccc2)CCCO1. The fourth-order valence-corrected chi connectivity index (χ4v) is 2.69. The van der Waals surface area contributed by atoms with Crippen LogP contribution in [0.5, 0.6) is 0 Å². The fourth-order valence-electron chi connectivity index (χ4n) is 2.45. The van der Waals surface area contributed by atoms with E-state index in [-0.39, 0.29) is 17.0 Å². The molecule has 1 amide bonds. The molecule has 2 atom stereocenters. The van der Waals surface area contributed by atoms with E-state index in [4.69, 9.17) is 22.7 Å². The molecule has 5 heteroatoms. The van der Waals surface area contributed by atoms with Gasteiger partial charge in [-0.05, 0) is 18.9 Å². The van der Waals surface area contributed by atoms with E-state index in [1.807, 2.05) is 42.2 Å². The Labute approximate surface area is 124 Å². The van der Waals surface area contributed by atoms with Crippen LogP contribution in [0.1, 0.15) is 24.8 Å². The minimum Gasteiger partial charge on any atom is -0.392 e. The second kappa shape index (κ2) is 6.81. The predicted octanol–water partition coefficient (Wildman–Crippen LogP) is 1.69. The molecule has 0 bridgehead atoms. The molecule has 2 unspecified atom stereocenters. The van der Waals surface area contributed by atoms with Crippen molar-refractivity contribution in [3.63, 3.8) is 0 Å². The standard InChI is InChI=1S/C15H20N2O2S/c1-11-10-17(8-5-9-19-11)15(18)13(14(16)20)12-6-3-2-4-7-12/h2-4,6-7,11,13H,5,8-10H2,1H3,(H2,16,20). The van der Waals surface area contributed by atoms with E-state index in [1.165, 1.54) is 0 Å². The van der Waals surface area contributed by atoms with Crippen LogP contribution in [0.4, 0.5) is 0 Å². The molecule has 0 aromatic heterocycles. The number of nitrogens with two attached hydrogens (primary N) is 1. The fraction of sp³-hybridized carbons (Fsp3) is 0.467. The van der Waals surface area contributed by atoms with Crippen molar-refractivity contribution in [3.8, 4) is 0 Å². The molecule has 1 aliphatic heterocycles. The number of benzene rings is 1. The lowest BCUT2D eigenvalue weighted by atomic mass is 9.97. The van der Waals surface area contributed by atoms with Gasteiger partial charge in [0, 0.05) is 19.7 Å². The Hall–Kier alpha value is -1.46. The average Bonchev–Trinajstić information content (AvgIpc) is 2.64. The first-order valence-corrected chi connectivity index (χ1v) is 7.25. The van der Waals surface area contributed by atoms with Crippen LogP contribution in [0, 0.1) is 0 Å². The maximum Gasteiger partial charge on any atom is 0.237 e. The van der Waals surface area contributed by atoms with Crippen molar-refractivity contribution in [1.29, 1.82) is 0 Å². The third-order valence-corrected chi connectivity index (χ3v) is 3.66. The van der Waals surface area contributed by atoms with Gasteiger partial charge in [0.1, 0.15) is 5.92 Å². The van der Waals surface area contributed by atoms with Crippen molar-refractivity contribution in [1.82, 2.24) is 4.90 Å². The Bertz CT molecular complexity index is 478. The van der Waals surface area contributed by atoms with E-state index in [2.05, 4.69) is 0 Å². The van der Waals surface area contributed by atoms with Gasteiger partial charge in [0.2, 0.25) is 5.91 Å². The van der Waals surface area contributed by atoms with E-state index in [0.29, 0.717) is 19.7 Å². The molecule has 0 aliphatic carbocycles. The highest BCUT2D eigenvalue weighted by Crippen LogP contribution is 2.20. The van der Waals surface area contributed by atoms with Crippen LogP contribution >= 0.6 is 12.2 Å². The Kier molecular flexibility index (Phi) is 5.09. The quantitative estimate of drug-likeness (QED) is 0.862. The van der Waals surface area contributed by atoms with Crippen LogP contribution in [-0.2, 0) is 9.53 Å². The molecule has 4 nitrogen and oxygen atoms in total. The van der Waals surface area contributed by atoms with E-state index >= 15 is 0 Å². The smallest absolute Gasteiger partial charge is 0.237 e. The van der Waals surface area contributed by atoms with Crippen molar-refractivity contribution >= 4 is 23.1 Å². The van der Waals surface area contributed by atoms with Crippen molar-refractivity contribution in [2.75, 3.05) is 19.7 Å². The summed E-state index contributed by atoms with van der Waals surface area (Å²) in [5, 5.41) is 0. The van der Waals surface area contributed by atoms with E-state index in [9.17, 15) is 4.79 Å². The average molecular weight is 292 g/mol. The van der Waals surface area contributed by atoms with Gasteiger partial charge in [-0.2, -0.15) is 0 Å². The highest BCUT2D eigenvalue weighted by Gasteiger charge is 2.29. The molecule has 1 heterocycles. The molecule has 1 aliphatic rings. The van der Waals surface area contributed by atoms with Crippen molar-refractivity contribution in [3.05, 3.63) is 35.9 Å². The summed E-state index contributed by atoms with van der Waals surface area (Å²) >= 11 is 5.11. The molecule has 0 radical (unpaired) electrons. The lowest BCUT2D eigenvalue weighted by Gasteiger charge is -2.27. The Morgan fingerprint density at radius 3 is 2.80 bits per heavy atom. The number of hydrogen-bond donors (Lipinski definition) is 1. The molecule has 108 valence electrons. The molecule has 1 fully saturated rings. The summed E-state index contributed by atoms with van der Waals surface area (Å²) in [5.74, 6) is -0.572. The molecule has 2 N–H and O–H groups in total. The van der Waals surface area contributed by atoms with Gasteiger partial charge < -0.3 is 15.4 Å². The first-order valence-electron chi connectivity index (χ1n) is 6.84. The van der Waals surface area contributed by atoms with Crippen LogP contribution in [-0.4, -0.2) is 41.6 Å². The summed E-state index contributed by atoms with van der Waals surface area (Å²) in [5.41, 5.74) is 6.65. The number of ether oxygens (including phenoxy) is 1. The number of amides is 1. The zero-order chi connectivity index (χ0) is 14.5. The molecule has 0 saturated carbocycles. The van der Waals surface area contributed by atoms with E-state index in [0.717, 1.165) is 12.0 Å². The predicted molar refractivity (Wildman–Crippen MR) is 82.6 cm³/mol. The normalized spacial score (nSPS) is 21.1. The van der Waals surface area contributed by atoms with Gasteiger partial charge in [0.25, 0.3) is 0 Å². The molecule has 20 heavy (non-hydrogen) atoms. The van der Waals surface area contributed by atoms with Gasteiger partial charge in [-0.1, -0.05) is 42.5 Å². The Morgan fingerprint density at radius 2 is 2.15 bits per heavy atom. The third-order valence-electron chi connectivity index (χ3n) is 3.43. The zero-order valence-electron chi connectivity index (χ0n) is 11.6. The zero-order valence-corrected chi connectivity index (χ0v) is 12.4. The van der Waals surface area contributed by atoms with Crippen LogP contribution in [0.15, 0.2) is 30.3 Å². The molecule has 1 aromatic carbocycles. The van der Waals surface area contributed by atoms with E-state index in [1.54, 1.807) is 0 Å². The summed E-state index contributed by atoms with van der Waals surface area (Å²) in [4.78, 5) is 14.8. The van der Waals surface area contributed by atoms with Crippen LogP contribution < -0.4 is 5.73 Å². The van der Waals surface area contributed by atoms with Crippen molar-refractivity contribution < 1.29 is 9.53 Å². The largest absolute Gasteiger partial charge is 0.392 e. The lowest BCUT2D eigenvalue weighted by molar-refractivity contribution is -0.131. The van der Waals surface area contributed by atoms with Crippen molar-refractivity contribution in [2.24, 2.45) is 5.73 Å². The number of carbonyl (C=O) groups is 1. The first kappa shape index (κ1) is 14.9. The van der Waals surface area contributed by atoms with Gasteiger partial charge in [-0.3, -0.25) is 4.79 Å². The second-order valence-corrected chi connectivity index (χ2v) is 5.54. The van der Waals surface area contributed by atoms with Gasteiger partial charge in [0.15, 0.2) is 0 Å². The number of nitrogens with zero attached hydrogens (tertiary/aromatic N) is 1. The minimum atomic E-state index is -0.545. The lowest BCUT2D eigenvalue weighted by Crippen LogP contribution is -2.42. The summed E-state index contributed by atoms with van der Waals surface area (Å²) in [6, 6.07) is 9.47. The number of carbonyl (C=O) groups excluding carboxylic acids is 1. The number of hydrogen-bond acceptors (Lipinski definition) is 3. The first-order chi connectivity index (χ1) is 9.59. The third kappa shape index (κ3) is 3.55. The molecule has 0 spiro atoms. The molecule has 1 saturated heterocycles.